The van der Waals surface area contributed by atoms with E-state index in [0.717, 1.165) is 48.6 Å². The Hall–Kier alpha value is -4.45. The third-order valence-electron chi connectivity index (χ3n) is 7.58. The molecule has 0 unspecified atom stereocenters. The number of aromatic nitrogens is 7. The molecule has 2 fully saturated rings. The van der Waals surface area contributed by atoms with Gasteiger partial charge in [0.1, 0.15) is 12.1 Å². The Morgan fingerprint density at radius 1 is 0.976 bits per heavy atom. The summed E-state index contributed by atoms with van der Waals surface area (Å²) in [6.45, 7) is 0.334. The zero-order chi connectivity index (χ0) is 29.0. The molecule has 0 atom stereocenters. The summed E-state index contributed by atoms with van der Waals surface area (Å²) in [6.07, 6.45) is 5.36. The summed E-state index contributed by atoms with van der Waals surface area (Å²) in [4.78, 5) is 9.01. The minimum Gasteiger partial charge on any atom is -0.317 e. The topological polar surface area (TPSA) is 86.3 Å². The molecule has 4 aromatic heterocycles. The summed E-state index contributed by atoms with van der Waals surface area (Å²) in [7, 11) is 1.78. The smallest absolute Gasteiger partial charge is 0.317 e. The van der Waals surface area contributed by atoms with E-state index in [-0.39, 0.29) is 17.2 Å². The van der Waals surface area contributed by atoms with Crippen molar-refractivity contribution in [2.75, 3.05) is 0 Å². The molecule has 1 N–H and O–H groups in total. The number of benzene rings is 1. The van der Waals surface area contributed by atoms with E-state index in [9.17, 15) is 17.6 Å². The van der Waals surface area contributed by atoms with Crippen LogP contribution < -0.4 is 5.32 Å². The quantitative estimate of drug-likeness (QED) is 0.226. The van der Waals surface area contributed by atoms with Gasteiger partial charge in [0, 0.05) is 54.8 Å². The van der Waals surface area contributed by atoms with Gasteiger partial charge in [0.15, 0.2) is 11.6 Å². The maximum absolute atomic E-state index is 14.4. The summed E-state index contributed by atoms with van der Waals surface area (Å²) in [6, 6.07) is 9.76. The lowest BCUT2D eigenvalue weighted by atomic mass is 9.98. The molecule has 0 saturated heterocycles. The van der Waals surface area contributed by atoms with Crippen molar-refractivity contribution in [2.24, 2.45) is 7.05 Å². The first-order chi connectivity index (χ1) is 20.2. The Kier molecular flexibility index (Phi) is 6.37. The van der Waals surface area contributed by atoms with Crippen LogP contribution in [0.15, 0.2) is 61.3 Å². The highest BCUT2D eigenvalue weighted by Crippen LogP contribution is 2.42. The monoisotopic (exact) mass is 574 g/mol. The van der Waals surface area contributed by atoms with Crippen LogP contribution in [0.5, 0.6) is 0 Å². The number of halogens is 4. The molecule has 0 amide bonds. The normalized spacial score (nSPS) is 15.4. The zero-order valence-electron chi connectivity index (χ0n) is 22.6. The van der Waals surface area contributed by atoms with Crippen LogP contribution in [0.3, 0.4) is 0 Å². The largest absolute Gasteiger partial charge is 0.418 e. The number of hydrogen-bond acceptors (Lipinski definition) is 6. The molecular formula is C30H26F4N8. The molecule has 0 aliphatic heterocycles. The van der Waals surface area contributed by atoms with E-state index in [0.29, 0.717) is 35.4 Å². The average Bonchev–Trinajstić information content (AvgIpc) is 3.90. The fourth-order valence-electron chi connectivity index (χ4n) is 5.05. The lowest BCUT2D eigenvalue weighted by molar-refractivity contribution is -0.137. The highest BCUT2D eigenvalue weighted by atomic mass is 19.4. The lowest BCUT2D eigenvalue weighted by Gasteiger charge is -2.14. The second kappa shape index (κ2) is 10.1. The van der Waals surface area contributed by atoms with Gasteiger partial charge in [0.2, 0.25) is 0 Å². The number of rotatable bonds is 8. The summed E-state index contributed by atoms with van der Waals surface area (Å²) in [5.41, 5.74) is 2.60. The van der Waals surface area contributed by atoms with Crippen molar-refractivity contribution in [1.29, 1.82) is 0 Å². The predicted molar refractivity (Wildman–Crippen MR) is 147 cm³/mol. The summed E-state index contributed by atoms with van der Waals surface area (Å²) >= 11 is 0. The van der Waals surface area contributed by atoms with Crippen molar-refractivity contribution < 1.29 is 17.6 Å². The van der Waals surface area contributed by atoms with Gasteiger partial charge in [-0.1, -0.05) is 6.07 Å². The number of aryl methyl sites for hydroxylation is 1. The number of pyridine rings is 2. The Morgan fingerprint density at radius 3 is 2.52 bits per heavy atom. The summed E-state index contributed by atoms with van der Waals surface area (Å²) in [5, 5.41) is 15.7. The SMILES string of the molecule is Cn1cnnc1-c1cc(F)ccc1-c1cc(C2CC2)nc(-n2cc(-c3ncc(CNC4CC4)cc3C(F)(F)F)cn2)c1. The molecule has 2 aliphatic carbocycles. The number of hydrogen-bond donors (Lipinski definition) is 1. The van der Waals surface area contributed by atoms with Crippen LogP contribution in [0, 0.1) is 5.82 Å². The fourth-order valence-corrected chi connectivity index (χ4v) is 5.05. The number of nitrogens with zero attached hydrogens (tertiary/aromatic N) is 7. The van der Waals surface area contributed by atoms with Crippen molar-refractivity contribution in [2.45, 2.75) is 50.4 Å². The van der Waals surface area contributed by atoms with Crippen molar-refractivity contribution >= 4 is 0 Å². The molecule has 4 heterocycles. The average molecular weight is 575 g/mol. The molecule has 8 nitrogen and oxygen atoms in total. The first-order valence-corrected chi connectivity index (χ1v) is 13.7. The van der Waals surface area contributed by atoms with Crippen molar-refractivity contribution in [3.05, 3.63) is 84.0 Å². The molecule has 0 spiro atoms. The lowest BCUT2D eigenvalue weighted by Crippen LogP contribution is -2.17. The molecule has 5 aromatic rings. The van der Waals surface area contributed by atoms with Crippen LogP contribution in [0.1, 0.15) is 48.4 Å². The molecule has 42 heavy (non-hydrogen) atoms. The maximum atomic E-state index is 14.4. The van der Waals surface area contributed by atoms with Gasteiger partial charge in [-0.05, 0) is 72.7 Å². The van der Waals surface area contributed by atoms with Gasteiger partial charge in [-0.25, -0.2) is 14.1 Å². The summed E-state index contributed by atoms with van der Waals surface area (Å²) < 4.78 is 59.9. The molecule has 214 valence electrons. The van der Waals surface area contributed by atoms with Gasteiger partial charge >= 0.3 is 6.18 Å². The van der Waals surface area contributed by atoms with Gasteiger partial charge in [0.05, 0.1) is 17.5 Å². The number of nitrogens with one attached hydrogen (secondary N) is 1. The highest BCUT2D eigenvalue weighted by Gasteiger charge is 2.35. The fraction of sp³-hybridized carbons (Fsp3) is 0.300. The second-order valence-corrected chi connectivity index (χ2v) is 10.9. The van der Waals surface area contributed by atoms with Crippen molar-refractivity contribution in [1.82, 2.24) is 39.8 Å². The van der Waals surface area contributed by atoms with Crippen LogP contribution in [0.2, 0.25) is 0 Å². The molecular weight excluding hydrogens is 548 g/mol. The highest BCUT2D eigenvalue weighted by molar-refractivity contribution is 5.81. The first kappa shape index (κ1) is 26.4. The minimum atomic E-state index is -4.59. The van der Waals surface area contributed by atoms with Crippen LogP contribution in [-0.2, 0) is 19.8 Å². The third kappa shape index (κ3) is 5.29. The van der Waals surface area contributed by atoms with Gasteiger partial charge in [-0.2, -0.15) is 18.3 Å². The first-order valence-electron chi connectivity index (χ1n) is 13.7. The molecule has 1 aromatic carbocycles. The van der Waals surface area contributed by atoms with E-state index in [4.69, 9.17) is 4.98 Å². The Labute approximate surface area is 238 Å². The van der Waals surface area contributed by atoms with E-state index < -0.39 is 17.6 Å². The zero-order valence-corrected chi connectivity index (χ0v) is 22.6. The predicted octanol–water partition coefficient (Wildman–Crippen LogP) is 6.08. The van der Waals surface area contributed by atoms with E-state index in [1.807, 2.05) is 6.07 Å². The van der Waals surface area contributed by atoms with E-state index in [1.54, 1.807) is 30.1 Å². The van der Waals surface area contributed by atoms with Crippen molar-refractivity contribution in [3.8, 4) is 39.6 Å². The Balaban J connectivity index is 1.29. The molecule has 2 aliphatic rings. The Bertz CT molecular complexity index is 1780. The minimum absolute atomic E-state index is 0.189. The Morgan fingerprint density at radius 2 is 1.81 bits per heavy atom. The van der Waals surface area contributed by atoms with Gasteiger partial charge in [-0.15, -0.1) is 10.2 Å². The van der Waals surface area contributed by atoms with Crippen LogP contribution in [0.25, 0.3) is 39.6 Å². The van der Waals surface area contributed by atoms with Crippen LogP contribution in [-0.4, -0.2) is 40.6 Å². The maximum Gasteiger partial charge on any atom is 0.418 e. The van der Waals surface area contributed by atoms with Gasteiger partial charge in [0.25, 0.3) is 0 Å². The molecule has 0 bridgehead atoms. The van der Waals surface area contributed by atoms with Crippen molar-refractivity contribution in [3.63, 3.8) is 0 Å². The molecule has 0 radical (unpaired) electrons. The third-order valence-corrected chi connectivity index (χ3v) is 7.58. The molecule has 2 saturated carbocycles. The molecule has 7 rings (SSSR count). The van der Waals surface area contributed by atoms with Gasteiger partial charge < -0.3 is 9.88 Å². The molecule has 12 heteroatoms. The summed E-state index contributed by atoms with van der Waals surface area (Å²) in [5.74, 6) is 0.798. The van der Waals surface area contributed by atoms with Crippen LogP contribution >= 0.6 is 0 Å². The standard InChI is InChI=1S/C30H26F4N8/c1-41-16-37-40-29(41)24-11-21(31)4-7-23(24)19-9-26(18-2-3-18)39-27(10-19)42-15-20(14-38-42)28-25(30(32,33)34)8-17(13-36-28)12-35-22-5-6-22/h4,7-11,13-16,18,22,35H,2-3,5-6,12H2,1H3. The van der Waals surface area contributed by atoms with Crippen LogP contribution in [0.4, 0.5) is 17.6 Å². The number of alkyl halides is 3. The van der Waals surface area contributed by atoms with E-state index in [1.165, 1.54) is 35.4 Å². The van der Waals surface area contributed by atoms with Gasteiger partial charge in [-0.3, -0.25) is 4.98 Å². The van der Waals surface area contributed by atoms with E-state index in [2.05, 4.69) is 25.6 Å². The van der Waals surface area contributed by atoms with E-state index >= 15 is 0 Å². The second-order valence-electron chi connectivity index (χ2n) is 10.9.